The summed E-state index contributed by atoms with van der Waals surface area (Å²) in [6, 6.07) is 7.96. The normalized spacial score (nSPS) is 16.7. The lowest BCUT2D eigenvalue weighted by Gasteiger charge is -2.34. The molecule has 0 unspecified atom stereocenters. The second-order valence-electron chi connectivity index (χ2n) is 8.59. The molecule has 0 saturated carbocycles. The van der Waals surface area contributed by atoms with E-state index in [-0.39, 0.29) is 11.4 Å². The number of carbonyl (C=O) groups excluding carboxylic acids is 1. The van der Waals surface area contributed by atoms with Crippen LogP contribution in [0.3, 0.4) is 0 Å². The zero-order chi connectivity index (χ0) is 20.4. The van der Waals surface area contributed by atoms with Crippen molar-refractivity contribution < 1.29 is 14.3 Å². The summed E-state index contributed by atoms with van der Waals surface area (Å²) >= 11 is 0. The van der Waals surface area contributed by atoms with E-state index in [0.717, 1.165) is 36.8 Å². The molecule has 0 aliphatic carbocycles. The number of rotatable bonds is 4. The Labute approximate surface area is 171 Å². The molecule has 4 rings (SSSR count). The minimum Gasteiger partial charge on any atom is -0.454 e. The molecule has 1 amide bonds. The molecular weight excluding hydrogens is 368 g/mol. The Morgan fingerprint density at radius 3 is 2.59 bits per heavy atom. The van der Waals surface area contributed by atoms with Gasteiger partial charge in [-0.05, 0) is 44.5 Å². The molecule has 1 fully saturated rings. The Balaban J connectivity index is 1.33. The summed E-state index contributed by atoms with van der Waals surface area (Å²) in [4.78, 5) is 21.4. The fourth-order valence-electron chi connectivity index (χ4n) is 3.65. The molecule has 1 saturated heterocycles. The van der Waals surface area contributed by atoms with Crippen molar-refractivity contribution in [3.8, 4) is 11.5 Å². The van der Waals surface area contributed by atoms with Gasteiger partial charge in [-0.15, -0.1) is 0 Å². The maximum Gasteiger partial charge on any atom is 0.255 e. The number of amides is 1. The van der Waals surface area contributed by atoms with Gasteiger partial charge in [0.2, 0.25) is 6.79 Å². The monoisotopic (exact) mass is 396 g/mol. The van der Waals surface area contributed by atoms with Crippen LogP contribution in [0.15, 0.2) is 36.7 Å². The van der Waals surface area contributed by atoms with Crippen LogP contribution in [0, 0.1) is 0 Å². The molecule has 154 valence electrons. The summed E-state index contributed by atoms with van der Waals surface area (Å²) in [5.41, 5.74) is 2.61. The number of piperazine rings is 1. The van der Waals surface area contributed by atoms with E-state index in [9.17, 15) is 4.79 Å². The van der Waals surface area contributed by atoms with Crippen molar-refractivity contribution in [2.45, 2.75) is 32.9 Å². The molecule has 1 aromatic heterocycles. The van der Waals surface area contributed by atoms with Crippen molar-refractivity contribution in [1.82, 2.24) is 14.8 Å². The minimum atomic E-state index is -0.0797. The first-order valence-electron chi connectivity index (χ1n) is 10.0. The average molecular weight is 396 g/mol. The fraction of sp³-hybridized carbons (Fsp3) is 0.455. The van der Waals surface area contributed by atoms with E-state index >= 15 is 0 Å². The molecule has 2 aromatic rings. The van der Waals surface area contributed by atoms with E-state index in [0.29, 0.717) is 25.4 Å². The van der Waals surface area contributed by atoms with Gasteiger partial charge in [-0.2, -0.15) is 0 Å². The third-order valence-corrected chi connectivity index (χ3v) is 5.01. The number of anilines is 1. The third-order valence-electron chi connectivity index (χ3n) is 5.01. The van der Waals surface area contributed by atoms with Crippen LogP contribution in [0.4, 0.5) is 5.69 Å². The van der Waals surface area contributed by atoms with E-state index < -0.39 is 0 Å². The maximum absolute atomic E-state index is 12.9. The van der Waals surface area contributed by atoms with Crippen molar-refractivity contribution in [1.29, 1.82) is 0 Å². The SMILES string of the molecule is CC(C)(C)Nc1cncc(C(=O)N2CCN(Cc3ccc4c(c3)OCO4)CC2)c1. The van der Waals surface area contributed by atoms with Crippen LogP contribution in [0.25, 0.3) is 0 Å². The van der Waals surface area contributed by atoms with Crippen molar-refractivity contribution >= 4 is 11.6 Å². The van der Waals surface area contributed by atoms with Gasteiger partial charge >= 0.3 is 0 Å². The van der Waals surface area contributed by atoms with E-state index in [1.165, 1.54) is 5.56 Å². The van der Waals surface area contributed by atoms with Gasteiger partial charge in [0.05, 0.1) is 11.3 Å². The molecule has 0 radical (unpaired) electrons. The number of ether oxygens (including phenoxy) is 2. The van der Waals surface area contributed by atoms with E-state index in [1.54, 1.807) is 12.4 Å². The first-order valence-corrected chi connectivity index (χ1v) is 10.0. The lowest BCUT2D eigenvalue weighted by molar-refractivity contribution is 0.0628. The summed E-state index contributed by atoms with van der Waals surface area (Å²) in [5.74, 6) is 1.66. The number of carbonyl (C=O) groups is 1. The van der Waals surface area contributed by atoms with Gasteiger partial charge in [0.15, 0.2) is 11.5 Å². The van der Waals surface area contributed by atoms with E-state index in [4.69, 9.17) is 9.47 Å². The summed E-state index contributed by atoms with van der Waals surface area (Å²) in [7, 11) is 0. The highest BCUT2D eigenvalue weighted by Gasteiger charge is 2.23. The first-order chi connectivity index (χ1) is 13.9. The summed E-state index contributed by atoms with van der Waals surface area (Å²) in [5, 5.41) is 3.37. The van der Waals surface area contributed by atoms with Crippen molar-refractivity contribution in [2.75, 3.05) is 38.3 Å². The number of hydrogen-bond donors (Lipinski definition) is 1. The third kappa shape index (κ3) is 4.79. The molecule has 3 heterocycles. The molecule has 29 heavy (non-hydrogen) atoms. The first kappa shape index (κ1) is 19.5. The Morgan fingerprint density at radius 2 is 1.83 bits per heavy atom. The van der Waals surface area contributed by atoms with Crippen LogP contribution < -0.4 is 14.8 Å². The topological polar surface area (TPSA) is 66.9 Å². The highest BCUT2D eigenvalue weighted by atomic mass is 16.7. The van der Waals surface area contributed by atoms with E-state index in [2.05, 4.69) is 42.0 Å². The predicted octanol–water partition coefficient (Wildman–Crippen LogP) is 2.98. The molecular formula is C22H28N4O3. The number of nitrogens with zero attached hydrogens (tertiary/aromatic N) is 3. The number of nitrogens with one attached hydrogen (secondary N) is 1. The zero-order valence-corrected chi connectivity index (χ0v) is 17.3. The van der Waals surface area contributed by atoms with Crippen molar-refractivity contribution in [2.24, 2.45) is 0 Å². The van der Waals surface area contributed by atoms with Crippen molar-refractivity contribution in [3.05, 3.63) is 47.8 Å². The number of hydrogen-bond acceptors (Lipinski definition) is 6. The van der Waals surface area contributed by atoms with Crippen LogP contribution in [0.2, 0.25) is 0 Å². The molecule has 1 aromatic carbocycles. The molecule has 2 aliphatic heterocycles. The Kier molecular flexibility index (Phi) is 5.32. The predicted molar refractivity (Wildman–Crippen MR) is 111 cm³/mol. The van der Waals surface area contributed by atoms with E-state index in [1.807, 2.05) is 23.1 Å². The van der Waals surface area contributed by atoms with Gasteiger partial charge in [0.25, 0.3) is 5.91 Å². The fourth-order valence-corrected chi connectivity index (χ4v) is 3.65. The van der Waals surface area contributed by atoms with Gasteiger partial charge < -0.3 is 19.7 Å². The van der Waals surface area contributed by atoms with Gasteiger partial charge in [0, 0.05) is 50.7 Å². The Bertz CT molecular complexity index is 886. The molecule has 0 bridgehead atoms. The molecule has 7 nitrogen and oxygen atoms in total. The van der Waals surface area contributed by atoms with Crippen LogP contribution in [0.5, 0.6) is 11.5 Å². The van der Waals surface area contributed by atoms with Gasteiger partial charge in [0.1, 0.15) is 0 Å². The minimum absolute atomic E-state index is 0.0396. The smallest absolute Gasteiger partial charge is 0.255 e. The zero-order valence-electron chi connectivity index (χ0n) is 17.3. The second kappa shape index (κ2) is 7.91. The van der Waals surface area contributed by atoms with Gasteiger partial charge in [-0.3, -0.25) is 14.7 Å². The molecule has 2 aliphatic rings. The van der Waals surface area contributed by atoms with Gasteiger partial charge in [-0.1, -0.05) is 6.07 Å². The quantitative estimate of drug-likeness (QED) is 0.857. The van der Waals surface area contributed by atoms with Crippen LogP contribution >= 0.6 is 0 Å². The van der Waals surface area contributed by atoms with Gasteiger partial charge in [-0.25, -0.2) is 0 Å². The lowest BCUT2D eigenvalue weighted by atomic mass is 10.1. The highest BCUT2D eigenvalue weighted by molar-refractivity contribution is 5.94. The number of pyridine rings is 1. The molecule has 7 heteroatoms. The molecule has 1 N–H and O–H groups in total. The maximum atomic E-state index is 12.9. The number of benzene rings is 1. The lowest BCUT2D eigenvalue weighted by Crippen LogP contribution is -2.48. The number of aromatic nitrogens is 1. The number of fused-ring (bicyclic) bond motifs is 1. The average Bonchev–Trinajstić information content (AvgIpc) is 3.15. The second-order valence-corrected chi connectivity index (χ2v) is 8.59. The van der Waals surface area contributed by atoms with Crippen LogP contribution in [-0.2, 0) is 6.54 Å². The highest BCUT2D eigenvalue weighted by Crippen LogP contribution is 2.32. The molecule has 0 atom stereocenters. The largest absolute Gasteiger partial charge is 0.454 e. The van der Waals surface area contributed by atoms with Crippen LogP contribution in [0.1, 0.15) is 36.7 Å². The standard InChI is InChI=1S/C22H28N4O3/c1-22(2,3)24-18-11-17(12-23-13-18)21(27)26-8-6-25(7-9-26)14-16-4-5-19-20(10-16)29-15-28-19/h4-5,10-13,24H,6-9,14-15H2,1-3H3. The molecule has 0 spiro atoms. The summed E-state index contributed by atoms with van der Waals surface area (Å²) < 4.78 is 10.8. The van der Waals surface area contributed by atoms with Crippen LogP contribution in [-0.4, -0.2) is 59.2 Å². The Hall–Kier alpha value is -2.80. The van der Waals surface area contributed by atoms with Crippen molar-refractivity contribution in [3.63, 3.8) is 0 Å². The Morgan fingerprint density at radius 1 is 1.07 bits per heavy atom. The summed E-state index contributed by atoms with van der Waals surface area (Å²) in [6.07, 6.45) is 3.40. The summed E-state index contributed by atoms with van der Waals surface area (Å²) in [6.45, 7) is 10.5.